The molecule has 0 aliphatic carbocycles. The molecule has 0 aliphatic heterocycles. The highest BCUT2D eigenvalue weighted by molar-refractivity contribution is 9.10. The van der Waals surface area contributed by atoms with Gasteiger partial charge in [0.1, 0.15) is 4.60 Å². The molecule has 0 radical (unpaired) electrons. The molecule has 1 N–H and O–H groups in total. The summed E-state index contributed by atoms with van der Waals surface area (Å²) in [4.78, 5) is 8.49. The predicted molar refractivity (Wildman–Crippen MR) is 74.8 cm³/mol. The Balaban J connectivity index is 2.02. The minimum atomic E-state index is 0.625. The molecule has 0 saturated carbocycles. The van der Waals surface area contributed by atoms with Gasteiger partial charge in [-0.15, -0.1) is 0 Å². The topological polar surface area (TPSA) is 47.0 Å². The summed E-state index contributed by atoms with van der Waals surface area (Å²) in [7, 11) is 1.61. The molecule has 2 aromatic heterocycles. The van der Waals surface area contributed by atoms with Gasteiger partial charge in [0.15, 0.2) is 0 Å². The van der Waals surface area contributed by atoms with Crippen molar-refractivity contribution in [3.63, 3.8) is 0 Å². The van der Waals surface area contributed by atoms with Crippen LogP contribution < -0.4 is 10.1 Å². The van der Waals surface area contributed by atoms with Gasteiger partial charge >= 0.3 is 0 Å². The number of hydrogen-bond donors (Lipinski definition) is 1. The lowest BCUT2D eigenvalue weighted by Crippen LogP contribution is -2.02. The van der Waals surface area contributed by atoms with Crippen LogP contribution in [0.1, 0.15) is 11.3 Å². The van der Waals surface area contributed by atoms with Gasteiger partial charge in [0.2, 0.25) is 5.88 Å². The summed E-state index contributed by atoms with van der Waals surface area (Å²) in [5.41, 5.74) is 3.08. The fourth-order valence-corrected chi connectivity index (χ4v) is 1.95. The van der Waals surface area contributed by atoms with E-state index in [9.17, 15) is 0 Å². The van der Waals surface area contributed by atoms with Crippen LogP contribution >= 0.6 is 15.9 Å². The van der Waals surface area contributed by atoms with Crippen molar-refractivity contribution in [1.29, 1.82) is 0 Å². The zero-order valence-corrected chi connectivity index (χ0v) is 11.9. The third-order valence-corrected chi connectivity index (χ3v) is 2.98. The number of halogens is 1. The van der Waals surface area contributed by atoms with Crippen LogP contribution in [0.25, 0.3) is 0 Å². The minimum Gasteiger partial charge on any atom is -0.481 e. The second-order valence-corrected chi connectivity index (χ2v) is 4.64. The Morgan fingerprint density at radius 2 is 2.11 bits per heavy atom. The first-order chi connectivity index (χ1) is 8.69. The fraction of sp³-hybridized carbons (Fsp3) is 0.231. The van der Waals surface area contributed by atoms with Crippen LogP contribution in [0.15, 0.2) is 35.1 Å². The quantitative estimate of drug-likeness (QED) is 0.881. The van der Waals surface area contributed by atoms with Gasteiger partial charge in [0.25, 0.3) is 0 Å². The van der Waals surface area contributed by atoms with Gasteiger partial charge in [-0.1, -0.05) is 6.07 Å². The SMILES string of the molecule is COc1ccc(CNc2ccc(Br)nc2C)cn1. The molecule has 5 heteroatoms. The molecule has 2 aromatic rings. The smallest absolute Gasteiger partial charge is 0.212 e. The Labute approximate surface area is 115 Å². The number of rotatable bonds is 4. The van der Waals surface area contributed by atoms with Gasteiger partial charge in [0, 0.05) is 18.8 Å². The van der Waals surface area contributed by atoms with Crippen LogP contribution in [0.3, 0.4) is 0 Å². The molecule has 18 heavy (non-hydrogen) atoms. The van der Waals surface area contributed by atoms with E-state index in [0.29, 0.717) is 12.4 Å². The monoisotopic (exact) mass is 307 g/mol. The van der Waals surface area contributed by atoms with Crippen molar-refractivity contribution in [3.05, 3.63) is 46.3 Å². The number of pyridine rings is 2. The third kappa shape index (κ3) is 3.20. The number of aromatic nitrogens is 2. The molecular weight excluding hydrogens is 294 g/mol. The summed E-state index contributed by atoms with van der Waals surface area (Å²) in [5, 5.41) is 3.33. The van der Waals surface area contributed by atoms with E-state index in [2.05, 4.69) is 31.2 Å². The van der Waals surface area contributed by atoms with Gasteiger partial charge < -0.3 is 10.1 Å². The molecule has 0 bridgehead atoms. The summed E-state index contributed by atoms with van der Waals surface area (Å²) in [5.74, 6) is 0.625. The lowest BCUT2D eigenvalue weighted by atomic mass is 10.2. The van der Waals surface area contributed by atoms with Crippen molar-refractivity contribution in [2.45, 2.75) is 13.5 Å². The molecule has 0 fully saturated rings. The number of anilines is 1. The first-order valence-electron chi connectivity index (χ1n) is 5.55. The summed E-state index contributed by atoms with van der Waals surface area (Å²) in [6.45, 7) is 2.68. The highest BCUT2D eigenvalue weighted by Gasteiger charge is 2.01. The second-order valence-electron chi connectivity index (χ2n) is 3.83. The van der Waals surface area contributed by atoms with E-state index < -0.39 is 0 Å². The van der Waals surface area contributed by atoms with Crippen molar-refractivity contribution >= 4 is 21.6 Å². The number of nitrogens with one attached hydrogen (secondary N) is 1. The summed E-state index contributed by atoms with van der Waals surface area (Å²) < 4.78 is 5.86. The highest BCUT2D eigenvalue weighted by Crippen LogP contribution is 2.17. The molecule has 0 spiro atoms. The van der Waals surface area contributed by atoms with Crippen LogP contribution in [0.5, 0.6) is 5.88 Å². The lowest BCUT2D eigenvalue weighted by molar-refractivity contribution is 0.397. The third-order valence-electron chi connectivity index (χ3n) is 2.54. The Hall–Kier alpha value is -1.62. The molecule has 2 rings (SSSR count). The van der Waals surface area contributed by atoms with Gasteiger partial charge in [-0.3, -0.25) is 0 Å². The maximum atomic E-state index is 5.02. The number of ether oxygens (including phenoxy) is 1. The van der Waals surface area contributed by atoms with Gasteiger partial charge in [-0.25, -0.2) is 9.97 Å². The van der Waals surface area contributed by atoms with Crippen LogP contribution in [0.2, 0.25) is 0 Å². The molecule has 4 nitrogen and oxygen atoms in total. The first-order valence-corrected chi connectivity index (χ1v) is 6.34. The molecule has 0 atom stereocenters. The maximum absolute atomic E-state index is 5.02. The van der Waals surface area contributed by atoms with Crippen molar-refractivity contribution in [2.75, 3.05) is 12.4 Å². The molecule has 94 valence electrons. The van der Waals surface area contributed by atoms with Crippen molar-refractivity contribution in [2.24, 2.45) is 0 Å². The van der Waals surface area contributed by atoms with E-state index >= 15 is 0 Å². The summed E-state index contributed by atoms with van der Waals surface area (Å²) >= 11 is 3.35. The Morgan fingerprint density at radius 3 is 2.72 bits per heavy atom. The van der Waals surface area contributed by atoms with E-state index in [-0.39, 0.29) is 0 Å². The van der Waals surface area contributed by atoms with E-state index in [0.717, 1.165) is 21.5 Å². The number of aryl methyl sites for hydroxylation is 1. The normalized spacial score (nSPS) is 10.2. The number of nitrogens with zero attached hydrogens (tertiary/aromatic N) is 2. The van der Waals surface area contributed by atoms with Crippen LogP contribution in [0.4, 0.5) is 5.69 Å². The Bertz CT molecular complexity index is 528. The minimum absolute atomic E-state index is 0.625. The molecule has 2 heterocycles. The van der Waals surface area contributed by atoms with Gasteiger partial charge in [-0.05, 0) is 40.5 Å². The van der Waals surface area contributed by atoms with Crippen LogP contribution in [-0.2, 0) is 6.54 Å². The molecule has 0 amide bonds. The van der Waals surface area contributed by atoms with E-state index in [4.69, 9.17) is 4.74 Å². The summed E-state index contributed by atoms with van der Waals surface area (Å²) in [6.07, 6.45) is 1.80. The molecular formula is C13H14BrN3O. The zero-order chi connectivity index (χ0) is 13.0. The van der Waals surface area contributed by atoms with Crippen molar-refractivity contribution in [1.82, 2.24) is 9.97 Å². The number of hydrogen-bond acceptors (Lipinski definition) is 4. The second kappa shape index (κ2) is 5.82. The standard InChI is InChI=1S/C13H14BrN3O/c1-9-11(4-5-12(14)17-9)15-7-10-3-6-13(18-2)16-8-10/h3-6,8,15H,7H2,1-2H3. The highest BCUT2D eigenvalue weighted by atomic mass is 79.9. The average molecular weight is 308 g/mol. The largest absolute Gasteiger partial charge is 0.481 e. The van der Waals surface area contributed by atoms with E-state index in [1.165, 1.54) is 0 Å². The van der Waals surface area contributed by atoms with E-state index in [1.54, 1.807) is 13.3 Å². The van der Waals surface area contributed by atoms with Crippen molar-refractivity contribution in [3.8, 4) is 5.88 Å². The van der Waals surface area contributed by atoms with Crippen molar-refractivity contribution < 1.29 is 4.74 Å². The summed E-state index contributed by atoms with van der Waals surface area (Å²) in [6, 6.07) is 7.76. The van der Waals surface area contributed by atoms with E-state index in [1.807, 2.05) is 31.2 Å². The number of methoxy groups -OCH3 is 1. The fourth-order valence-electron chi connectivity index (χ4n) is 1.55. The zero-order valence-electron chi connectivity index (χ0n) is 10.3. The molecule has 0 unspecified atom stereocenters. The molecule has 0 aromatic carbocycles. The first kappa shape index (κ1) is 12.8. The molecule has 0 aliphatic rings. The average Bonchev–Trinajstić information content (AvgIpc) is 2.38. The van der Waals surface area contributed by atoms with Crippen LogP contribution in [0, 0.1) is 6.92 Å². The molecule has 0 saturated heterocycles. The Kier molecular flexibility index (Phi) is 4.15. The predicted octanol–water partition coefficient (Wildman–Crippen LogP) is 3.17. The lowest BCUT2D eigenvalue weighted by Gasteiger charge is -2.09. The maximum Gasteiger partial charge on any atom is 0.212 e. The Morgan fingerprint density at radius 1 is 1.28 bits per heavy atom. The van der Waals surface area contributed by atoms with Gasteiger partial charge in [-0.2, -0.15) is 0 Å². The van der Waals surface area contributed by atoms with Crippen LogP contribution in [-0.4, -0.2) is 17.1 Å². The van der Waals surface area contributed by atoms with Gasteiger partial charge in [0.05, 0.1) is 18.5 Å².